The van der Waals surface area contributed by atoms with E-state index >= 15 is 0 Å². The molecule has 1 aliphatic heterocycles. The monoisotopic (exact) mass is 520 g/mol. The van der Waals surface area contributed by atoms with E-state index in [1.165, 1.54) is 11.1 Å². The van der Waals surface area contributed by atoms with Gasteiger partial charge in [0.15, 0.2) is 0 Å². The van der Waals surface area contributed by atoms with E-state index in [0.717, 1.165) is 42.8 Å². The number of piperazine rings is 1. The Balaban J connectivity index is 0.00000256. The zero-order valence-corrected chi connectivity index (χ0v) is 20.7. The summed E-state index contributed by atoms with van der Waals surface area (Å²) < 4.78 is 5.02. The van der Waals surface area contributed by atoms with Crippen molar-refractivity contribution in [3.05, 3.63) is 81.9 Å². The van der Waals surface area contributed by atoms with Crippen molar-refractivity contribution in [2.24, 2.45) is 0 Å². The minimum atomic E-state index is -0.949. The zero-order chi connectivity index (χ0) is 21.3. The molecule has 0 aromatic heterocycles. The van der Waals surface area contributed by atoms with Crippen molar-refractivity contribution >= 4 is 54.0 Å². The van der Waals surface area contributed by atoms with Crippen molar-refractivity contribution in [3.63, 3.8) is 0 Å². The third-order valence-electron chi connectivity index (χ3n) is 5.11. The van der Waals surface area contributed by atoms with Crippen LogP contribution in [0.3, 0.4) is 0 Å². The largest absolute Gasteiger partial charge is 0.480 e. The topological polar surface area (TPSA) is 53.0 Å². The van der Waals surface area contributed by atoms with Crippen LogP contribution in [0.2, 0.25) is 10.0 Å². The Bertz CT molecular complexity index is 794. The van der Waals surface area contributed by atoms with Crippen molar-refractivity contribution in [1.29, 1.82) is 0 Å². The second-order valence-electron chi connectivity index (χ2n) is 7.22. The summed E-state index contributed by atoms with van der Waals surface area (Å²) in [7, 11) is 0. The smallest absolute Gasteiger partial charge is 0.329 e. The van der Waals surface area contributed by atoms with Crippen LogP contribution >= 0.6 is 48.0 Å². The zero-order valence-electron chi connectivity index (χ0n) is 17.5. The first kappa shape index (κ1) is 28.7. The number of aliphatic carboxylic acids is 1. The summed E-state index contributed by atoms with van der Waals surface area (Å²) in [6.07, 6.45) is 3.91. The van der Waals surface area contributed by atoms with Crippen LogP contribution in [0.25, 0.3) is 0 Å². The third kappa shape index (κ3) is 8.91. The highest BCUT2D eigenvalue weighted by atomic mass is 35.5. The Morgan fingerprint density at radius 1 is 0.906 bits per heavy atom. The van der Waals surface area contributed by atoms with Gasteiger partial charge in [0, 0.05) is 42.8 Å². The first-order valence-electron chi connectivity index (χ1n) is 9.95. The maximum atomic E-state index is 10.4. The number of hydrogen-bond donors (Lipinski definition) is 1. The van der Waals surface area contributed by atoms with Crippen molar-refractivity contribution in [3.8, 4) is 0 Å². The number of ether oxygens (including phenoxy) is 1. The van der Waals surface area contributed by atoms with Crippen LogP contribution in [0.15, 0.2) is 60.7 Å². The number of carboxylic acids is 1. The number of halogens is 4. The average Bonchev–Trinajstić information content (AvgIpc) is 2.74. The molecule has 0 unspecified atom stereocenters. The quantitative estimate of drug-likeness (QED) is 0.363. The highest BCUT2D eigenvalue weighted by molar-refractivity contribution is 6.30. The van der Waals surface area contributed by atoms with E-state index in [-0.39, 0.29) is 37.5 Å². The second-order valence-corrected chi connectivity index (χ2v) is 8.10. The van der Waals surface area contributed by atoms with Crippen LogP contribution in [-0.4, -0.2) is 66.8 Å². The standard InChI is InChI=1S/C23H26Cl2N2O3.2ClH/c24-20-7-3-18(4-8-20)23(19-5-9-21(25)10-6-19)27-14-12-26(13-15-27)11-1-2-16-30-17-22(28)29;;/h1-10,23H,11-17H2,(H,28,29);2*1H/b2-1-;;. The Morgan fingerprint density at radius 3 is 1.88 bits per heavy atom. The van der Waals surface area contributed by atoms with Crippen molar-refractivity contribution in [2.45, 2.75) is 6.04 Å². The van der Waals surface area contributed by atoms with Crippen LogP contribution in [-0.2, 0) is 9.53 Å². The molecule has 0 bridgehead atoms. The first-order chi connectivity index (χ1) is 14.5. The molecule has 0 saturated carbocycles. The van der Waals surface area contributed by atoms with Crippen LogP contribution in [0.1, 0.15) is 17.2 Å². The Kier molecular flexibility index (Phi) is 13.2. The van der Waals surface area contributed by atoms with Gasteiger partial charge in [-0.25, -0.2) is 4.79 Å². The van der Waals surface area contributed by atoms with Crippen molar-refractivity contribution in [2.75, 3.05) is 45.9 Å². The van der Waals surface area contributed by atoms with Gasteiger partial charge >= 0.3 is 5.97 Å². The molecule has 0 amide bonds. The van der Waals surface area contributed by atoms with Gasteiger partial charge < -0.3 is 9.84 Å². The number of carbonyl (C=O) groups is 1. The van der Waals surface area contributed by atoms with Gasteiger partial charge in [0.1, 0.15) is 6.61 Å². The molecule has 2 aromatic carbocycles. The maximum Gasteiger partial charge on any atom is 0.329 e. The van der Waals surface area contributed by atoms with E-state index in [1.54, 1.807) is 0 Å². The van der Waals surface area contributed by atoms with Gasteiger partial charge in [-0.15, -0.1) is 24.8 Å². The molecular formula is C23H28Cl4N2O3. The number of hydrogen-bond acceptors (Lipinski definition) is 4. The van der Waals surface area contributed by atoms with E-state index in [4.69, 9.17) is 33.0 Å². The van der Waals surface area contributed by atoms with E-state index in [2.05, 4.69) is 34.1 Å². The molecule has 1 saturated heterocycles. The second kappa shape index (κ2) is 14.8. The van der Waals surface area contributed by atoms with E-state index < -0.39 is 5.97 Å². The van der Waals surface area contributed by atoms with Crippen molar-refractivity contribution in [1.82, 2.24) is 9.80 Å². The van der Waals surface area contributed by atoms with E-state index in [0.29, 0.717) is 6.61 Å². The Labute approximate surface area is 211 Å². The number of nitrogens with zero attached hydrogens (tertiary/aromatic N) is 2. The molecule has 3 rings (SSSR count). The lowest BCUT2D eigenvalue weighted by atomic mass is 9.96. The van der Waals surface area contributed by atoms with Crippen LogP contribution < -0.4 is 0 Å². The lowest BCUT2D eigenvalue weighted by Gasteiger charge is -2.39. The molecule has 176 valence electrons. The molecule has 32 heavy (non-hydrogen) atoms. The van der Waals surface area contributed by atoms with Crippen LogP contribution in [0.4, 0.5) is 0 Å². The Hall–Kier alpha value is -1.31. The van der Waals surface area contributed by atoms with Gasteiger partial charge in [0.25, 0.3) is 0 Å². The molecule has 1 aliphatic rings. The number of benzene rings is 2. The summed E-state index contributed by atoms with van der Waals surface area (Å²) in [6.45, 7) is 4.69. The minimum Gasteiger partial charge on any atom is -0.480 e. The Morgan fingerprint density at radius 2 is 1.41 bits per heavy atom. The third-order valence-corrected chi connectivity index (χ3v) is 5.62. The summed E-state index contributed by atoms with van der Waals surface area (Å²) >= 11 is 12.2. The lowest BCUT2D eigenvalue weighted by Crippen LogP contribution is -2.47. The number of carboxylic acid groups (broad SMARTS) is 1. The minimum absolute atomic E-state index is 0. The fourth-order valence-corrected chi connectivity index (χ4v) is 3.87. The van der Waals surface area contributed by atoms with Gasteiger partial charge in [0.2, 0.25) is 0 Å². The normalized spacial score (nSPS) is 14.8. The average molecular weight is 522 g/mol. The maximum absolute atomic E-state index is 10.4. The molecule has 0 atom stereocenters. The van der Waals surface area contributed by atoms with Gasteiger partial charge in [-0.2, -0.15) is 0 Å². The van der Waals surface area contributed by atoms with E-state index in [9.17, 15) is 4.79 Å². The predicted molar refractivity (Wildman–Crippen MR) is 135 cm³/mol. The molecule has 2 aromatic rings. The van der Waals surface area contributed by atoms with Gasteiger partial charge in [-0.3, -0.25) is 9.80 Å². The van der Waals surface area contributed by atoms with Gasteiger partial charge in [-0.1, -0.05) is 59.6 Å². The fraction of sp³-hybridized carbons (Fsp3) is 0.348. The molecular weight excluding hydrogens is 494 g/mol. The molecule has 1 fully saturated rings. The van der Waals surface area contributed by atoms with Crippen LogP contribution in [0, 0.1) is 0 Å². The molecule has 0 radical (unpaired) electrons. The summed E-state index contributed by atoms with van der Waals surface area (Å²) in [6, 6.07) is 16.3. The summed E-state index contributed by atoms with van der Waals surface area (Å²) in [5, 5.41) is 10.0. The predicted octanol–water partition coefficient (Wildman–Crippen LogP) is 5.20. The summed E-state index contributed by atoms with van der Waals surface area (Å²) in [5.74, 6) is -0.949. The van der Waals surface area contributed by atoms with E-state index in [1.807, 2.05) is 36.4 Å². The van der Waals surface area contributed by atoms with Gasteiger partial charge in [-0.05, 0) is 35.4 Å². The SMILES string of the molecule is Cl.Cl.O=C(O)COC/C=C\CN1CCN(C(c2ccc(Cl)cc2)c2ccc(Cl)cc2)CC1. The van der Waals surface area contributed by atoms with Crippen molar-refractivity contribution < 1.29 is 14.6 Å². The first-order valence-corrected chi connectivity index (χ1v) is 10.7. The molecule has 5 nitrogen and oxygen atoms in total. The highest BCUT2D eigenvalue weighted by Gasteiger charge is 2.26. The highest BCUT2D eigenvalue weighted by Crippen LogP contribution is 2.31. The fourth-order valence-electron chi connectivity index (χ4n) is 3.61. The lowest BCUT2D eigenvalue weighted by molar-refractivity contribution is -0.141. The summed E-state index contributed by atoms with van der Waals surface area (Å²) in [5.41, 5.74) is 2.43. The van der Waals surface area contributed by atoms with Crippen LogP contribution in [0.5, 0.6) is 0 Å². The molecule has 9 heteroatoms. The summed E-state index contributed by atoms with van der Waals surface area (Å²) in [4.78, 5) is 15.3. The van der Waals surface area contributed by atoms with Gasteiger partial charge in [0.05, 0.1) is 12.6 Å². The number of rotatable bonds is 9. The molecule has 0 spiro atoms. The molecule has 1 N–H and O–H groups in total. The molecule has 1 heterocycles. The molecule has 0 aliphatic carbocycles.